The predicted octanol–water partition coefficient (Wildman–Crippen LogP) is 15.1. The standard InChI is InChI=1S/C59H38N2O/c1-5-17-39(18-6-1)43-33-44(41-29-31-53-50(36-41)48-25-13-15-27-52(48)59(53,46-21-9-3-10-22-46)47-23-11-4-12-24-47)35-45(34-43)55-38-54(60-58(61-55)40-19-7-2-8-20-40)42-30-32-57-51(37-42)49-26-14-16-28-56(49)62-57/h1-38H. The van der Waals surface area contributed by atoms with Gasteiger partial charge in [-0.15, -0.1) is 0 Å². The van der Waals surface area contributed by atoms with Crippen molar-refractivity contribution in [3.8, 4) is 67.3 Å². The van der Waals surface area contributed by atoms with Crippen molar-refractivity contribution >= 4 is 21.9 Å². The second-order valence-electron chi connectivity index (χ2n) is 16.1. The van der Waals surface area contributed by atoms with Crippen LogP contribution in [0.4, 0.5) is 0 Å². The molecule has 290 valence electrons. The summed E-state index contributed by atoms with van der Waals surface area (Å²) >= 11 is 0. The minimum absolute atomic E-state index is 0.457. The van der Waals surface area contributed by atoms with Crippen molar-refractivity contribution in [2.45, 2.75) is 5.41 Å². The van der Waals surface area contributed by atoms with E-state index >= 15 is 0 Å². The number of furan rings is 1. The van der Waals surface area contributed by atoms with Crippen LogP contribution >= 0.6 is 0 Å². The van der Waals surface area contributed by atoms with Crippen LogP contribution in [0.15, 0.2) is 235 Å². The Kier molecular flexibility index (Phi) is 8.39. The SMILES string of the molecule is c1ccc(-c2cc(-c3ccc4c(c3)-c3ccccc3C4(c3ccccc3)c3ccccc3)cc(-c3cc(-c4ccc5oc6ccccc6c5c4)nc(-c4ccccc4)n3)c2)cc1. The van der Waals surface area contributed by atoms with E-state index in [1.165, 1.54) is 33.4 Å². The zero-order valence-electron chi connectivity index (χ0n) is 33.7. The van der Waals surface area contributed by atoms with Gasteiger partial charge in [-0.1, -0.05) is 176 Å². The summed E-state index contributed by atoms with van der Waals surface area (Å²) < 4.78 is 6.21. The maximum Gasteiger partial charge on any atom is 0.160 e. The molecule has 2 heterocycles. The summed E-state index contributed by atoms with van der Waals surface area (Å²) in [5.41, 5.74) is 18.1. The number of para-hydroxylation sites is 1. The first-order chi connectivity index (χ1) is 30.7. The molecule has 0 saturated carbocycles. The van der Waals surface area contributed by atoms with E-state index in [-0.39, 0.29) is 0 Å². The average Bonchev–Trinajstić information content (AvgIpc) is 3.88. The molecule has 0 radical (unpaired) electrons. The summed E-state index contributed by atoms with van der Waals surface area (Å²) in [6, 6.07) is 82.4. The van der Waals surface area contributed by atoms with E-state index in [9.17, 15) is 0 Å². The van der Waals surface area contributed by atoms with Gasteiger partial charge in [-0.25, -0.2) is 9.97 Å². The number of aromatic nitrogens is 2. The molecular weight excluding hydrogens is 753 g/mol. The van der Waals surface area contributed by atoms with Gasteiger partial charge >= 0.3 is 0 Å². The molecule has 2 aromatic heterocycles. The quantitative estimate of drug-likeness (QED) is 0.161. The normalized spacial score (nSPS) is 12.6. The Morgan fingerprint density at radius 1 is 0.306 bits per heavy atom. The van der Waals surface area contributed by atoms with Crippen molar-refractivity contribution in [2.75, 3.05) is 0 Å². The van der Waals surface area contributed by atoms with Gasteiger partial charge in [-0.3, -0.25) is 0 Å². The monoisotopic (exact) mass is 790 g/mol. The summed E-state index contributed by atoms with van der Waals surface area (Å²) in [6.07, 6.45) is 0. The van der Waals surface area contributed by atoms with Crippen LogP contribution in [0.3, 0.4) is 0 Å². The predicted molar refractivity (Wildman–Crippen MR) is 254 cm³/mol. The molecule has 0 saturated heterocycles. The molecule has 12 rings (SSSR count). The van der Waals surface area contributed by atoms with Crippen molar-refractivity contribution < 1.29 is 4.42 Å². The van der Waals surface area contributed by atoms with Gasteiger partial charge in [0.25, 0.3) is 0 Å². The molecule has 9 aromatic carbocycles. The van der Waals surface area contributed by atoms with Crippen LogP contribution < -0.4 is 0 Å². The number of rotatable bonds is 7. The van der Waals surface area contributed by atoms with Gasteiger partial charge in [-0.05, 0) is 110 Å². The second-order valence-corrected chi connectivity index (χ2v) is 16.1. The zero-order chi connectivity index (χ0) is 41.0. The van der Waals surface area contributed by atoms with Gasteiger partial charge < -0.3 is 4.42 Å². The Hall–Kier alpha value is -8.14. The van der Waals surface area contributed by atoms with Gasteiger partial charge in [0.2, 0.25) is 0 Å². The molecule has 62 heavy (non-hydrogen) atoms. The van der Waals surface area contributed by atoms with Crippen molar-refractivity contribution in [3.63, 3.8) is 0 Å². The average molecular weight is 791 g/mol. The van der Waals surface area contributed by atoms with Crippen LogP contribution in [0.5, 0.6) is 0 Å². The van der Waals surface area contributed by atoms with E-state index in [1.54, 1.807) is 0 Å². The third-order valence-electron chi connectivity index (χ3n) is 12.6. The van der Waals surface area contributed by atoms with E-state index < -0.39 is 5.41 Å². The maximum absolute atomic E-state index is 6.21. The molecule has 0 unspecified atom stereocenters. The van der Waals surface area contributed by atoms with Crippen LogP contribution in [-0.2, 0) is 5.41 Å². The molecule has 0 aliphatic heterocycles. The lowest BCUT2D eigenvalue weighted by Crippen LogP contribution is -2.28. The van der Waals surface area contributed by atoms with E-state index in [4.69, 9.17) is 14.4 Å². The Morgan fingerprint density at radius 3 is 1.56 bits per heavy atom. The van der Waals surface area contributed by atoms with Crippen molar-refractivity contribution in [1.82, 2.24) is 9.97 Å². The van der Waals surface area contributed by atoms with E-state index in [1.807, 2.05) is 30.3 Å². The smallest absolute Gasteiger partial charge is 0.160 e. The van der Waals surface area contributed by atoms with Gasteiger partial charge in [0, 0.05) is 27.5 Å². The lowest BCUT2D eigenvalue weighted by atomic mass is 9.67. The van der Waals surface area contributed by atoms with Crippen LogP contribution in [0.2, 0.25) is 0 Å². The van der Waals surface area contributed by atoms with Gasteiger partial charge in [-0.2, -0.15) is 0 Å². The molecule has 0 atom stereocenters. The fraction of sp³-hybridized carbons (Fsp3) is 0.0169. The Morgan fingerprint density at radius 2 is 0.839 bits per heavy atom. The van der Waals surface area contributed by atoms with Crippen molar-refractivity contribution in [3.05, 3.63) is 253 Å². The Balaban J connectivity index is 1.07. The minimum Gasteiger partial charge on any atom is -0.456 e. The summed E-state index contributed by atoms with van der Waals surface area (Å²) in [7, 11) is 0. The number of hydrogen-bond acceptors (Lipinski definition) is 3. The Labute approximate surface area is 360 Å². The van der Waals surface area contributed by atoms with Gasteiger partial charge in [0.15, 0.2) is 5.82 Å². The first kappa shape index (κ1) is 35.8. The van der Waals surface area contributed by atoms with Crippen LogP contribution in [0, 0.1) is 0 Å². The molecule has 1 aliphatic carbocycles. The maximum atomic E-state index is 6.21. The van der Waals surface area contributed by atoms with E-state index in [2.05, 4.69) is 200 Å². The Bertz CT molecular complexity index is 3410. The minimum atomic E-state index is -0.457. The van der Waals surface area contributed by atoms with Crippen molar-refractivity contribution in [2.24, 2.45) is 0 Å². The summed E-state index contributed by atoms with van der Waals surface area (Å²) in [4.78, 5) is 10.5. The first-order valence-electron chi connectivity index (χ1n) is 21.1. The molecule has 3 nitrogen and oxygen atoms in total. The third-order valence-corrected chi connectivity index (χ3v) is 12.6. The molecule has 3 heteroatoms. The fourth-order valence-corrected chi connectivity index (χ4v) is 9.71. The molecule has 1 aliphatic rings. The second kappa shape index (κ2) is 14.5. The number of nitrogens with zero attached hydrogens (tertiary/aromatic N) is 2. The lowest BCUT2D eigenvalue weighted by Gasteiger charge is -2.33. The molecule has 0 amide bonds. The number of fused-ring (bicyclic) bond motifs is 6. The molecular formula is C59H38N2O. The number of hydrogen-bond donors (Lipinski definition) is 0. The molecule has 0 spiro atoms. The van der Waals surface area contributed by atoms with Gasteiger partial charge in [0.1, 0.15) is 11.2 Å². The summed E-state index contributed by atoms with van der Waals surface area (Å²) in [5, 5.41) is 2.15. The highest BCUT2D eigenvalue weighted by molar-refractivity contribution is 6.06. The van der Waals surface area contributed by atoms with Gasteiger partial charge in [0.05, 0.1) is 16.8 Å². The summed E-state index contributed by atoms with van der Waals surface area (Å²) in [5.74, 6) is 0.675. The highest BCUT2D eigenvalue weighted by Gasteiger charge is 2.46. The number of benzene rings is 9. The topological polar surface area (TPSA) is 38.9 Å². The van der Waals surface area contributed by atoms with E-state index in [0.29, 0.717) is 5.82 Å². The zero-order valence-corrected chi connectivity index (χ0v) is 33.7. The third kappa shape index (κ3) is 5.82. The molecule has 0 bridgehead atoms. The van der Waals surface area contributed by atoms with Crippen LogP contribution in [0.1, 0.15) is 22.3 Å². The van der Waals surface area contributed by atoms with Crippen LogP contribution in [0.25, 0.3) is 89.2 Å². The highest BCUT2D eigenvalue weighted by atomic mass is 16.3. The first-order valence-corrected chi connectivity index (χ1v) is 21.1. The lowest BCUT2D eigenvalue weighted by molar-refractivity contribution is 0.669. The largest absolute Gasteiger partial charge is 0.456 e. The molecule has 11 aromatic rings. The fourth-order valence-electron chi connectivity index (χ4n) is 9.71. The molecule has 0 fully saturated rings. The van der Waals surface area contributed by atoms with Crippen LogP contribution in [-0.4, -0.2) is 9.97 Å². The van der Waals surface area contributed by atoms with E-state index in [0.717, 1.165) is 72.3 Å². The molecule has 0 N–H and O–H groups in total. The van der Waals surface area contributed by atoms with Crippen molar-refractivity contribution in [1.29, 1.82) is 0 Å². The summed E-state index contributed by atoms with van der Waals surface area (Å²) in [6.45, 7) is 0. The highest BCUT2D eigenvalue weighted by Crippen LogP contribution is 2.56.